The largest absolute Gasteiger partial charge is 0.313 e. The molecule has 1 heterocycles. The number of hydrogen-bond donors (Lipinski definition) is 1. The van der Waals surface area contributed by atoms with Crippen LogP contribution in [0.2, 0.25) is 0 Å². The molecular weight excluding hydrogens is 208 g/mol. The standard InChI is InChI=1S/C15H28N2/c1-12-4-7-15(9-12)17(10-13-5-6-13)11-14-3-2-8-16-14/h12-16H,2-11H2,1H3. The van der Waals surface area contributed by atoms with Crippen LogP contribution in [0.25, 0.3) is 0 Å². The Balaban J connectivity index is 1.55. The van der Waals surface area contributed by atoms with Crippen LogP contribution in [0.3, 0.4) is 0 Å². The molecular formula is C15H28N2. The second-order valence-electron chi connectivity index (χ2n) is 6.76. The van der Waals surface area contributed by atoms with Crippen molar-refractivity contribution in [2.24, 2.45) is 11.8 Å². The minimum absolute atomic E-state index is 0.796. The first kappa shape index (κ1) is 12.0. The highest BCUT2D eigenvalue weighted by atomic mass is 15.2. The molecule has 0 bridgehead atoms. The zero-order chi connectivity index (χ0) is 11.7. The molecule has 2 heteroatoms. The van der Waals surface area contributed by atoms with Crippen LogP contribution in [-0.2, 0) is 0 Å². The van der Waals surface area contributed by atoms with Crippen molar-refractivity contribution in [3.8, 4) is 0 Å². The molecule has 0 aromatic rings. The molecule has 0 spiro atoms. The Morgan fingerprint density at radius 3 is 2.53 bits per heavy atom. The maximum absolute atomic E-state index is 3.67. The first-order chi connectivity index (χ1) is 8.31. The number of hydrogen-bond acceptors (Lipinski definition) is 2. The van der Waals surface area contributed by atoms with Gasteiger partial charge < -0.3 is 5.32 Å². The average molecular weight is 236 g/mol. The van der Waals surface area contributed by atoms with Crippen LogP contribution in [0.15, 0.2) is 0 Å². The summed E-state index contributed by atoms with van der Waals surface area (Å²) in [5, 5.41) is 3.67. The summed E-state index contributed by atoms with van der Waals surface area (Å²) in [5.41, 5.74) is 0. The van der Waals surface area contributed by atoms with E-state index in [0.717, 1.165) is 23.9 Å². The highest BCUT2D eigenvalue weighted by Gasteiger charge is 2.33. The monoisotopic (exact) mass is 236 g/mol. The van der Waals surface area contributed by atoms with Crippen LogP contribution < -0.4 is 5.32 Å². The molecule has 2 saturated carbocycles. The van der Waals surface area contributed by atoms with Crippen molar-refractivity contribution in [2.75, 3.05) is 19.6 Å². The van der Waals surface area contributed by atoms with Crippen molar-refractivity contribution in [1.29, 1.82) is 0 Å². The van der Waals surface area contributed by atoms with E-state index in [-0.39, 0.29) is 0 Å². The highest BCUT2D eigenvalue weighted by Crippen LogP contribution is 2.34. The molecule has 3 rings (SSSR count). The molecule has 1 aliphatic heterocycles. The molecule has 98 valence electrons. The zero-order valence-corrected chi connectivity index (χ0v) is 11.3. The van der Waals surface area contributed by atoms with Gasteiger partial charge in [0, 0.05) is 25.2 Å². The summed E-state index contributed by atoms with van der Waals surface area (Å²) in [6.45, 7) is 6.41. The van der Waals surface area contributed by atoms with Crippen LogP contribution in [0.5, 0.6) is 0 Å². The van der Waals surface area contributed by atoms with Crippen molar-refractivity contribution in [1.82, 2.24) is 10.2 Å². The summed E-state index contributed by atoms with van der Waals surface area (Å²) < 4.78 is 0. The SMILES string of the molecule is CC1CCC(N(CC2CC2)CC2CCCN2)C1. The summed E-state index contributed by atoms with van der Waals surface area (Å²) in [7, 11) is 0. The zero-order valence-electron chi connectivity index (χ0n) is 11.3. The topological polar surface area (TPSA) is 15.3 Å². The second-order valence-corrected chi connectivity index (χ2v) is 6.76. The van der Waals surface area contributed by atoms with E-state index in [0.29, 0.717) is 0 Å². The second kappa shape index (κ2) is 5.27. The van der Waals surface area contributed by atoms with Gasteiger partial charge in [0.25, 0.3) is 0 Å². The van der Waals surface area contributed by atoms with Gasteiger partial charge in [0.2, 0.25) is 0 Å². The maximum atomic E-state index is 3.67. The Labute approximate surface area is 106 Å². The third kappa shape index (κ3) is 3.23. The van der Waals surface area contributed by atoms with Crippen molar-refractivity contribution in [3.63, 3.8) is 0 Å². The normalized spacial score (nSPS) is 38.1. The van der Waals surface area contributed by atoms with Crippen molar-refractivity contribution in [2.45, 2.75) is 64.0 Å². The molecule has 3 atom stereocenters. The van der Waals surface area contributed by atoms with Crippen LogP contribution in [0.4, 0.5) is 0 Å². The summed E-state index contributed by atoms with van der Waals surface area (Å²) >= 11 is 0. The van der Waals surface area contributed by atoms with Gasteiger partial charge in [-0.1, -0.05) is 6.92 Å². The Bertz CT molecular complexity index is 243. The molecule has 3 fully saturated rings. The van der Waals surface area contributed by atoms with Gasteiger partial charge >= 0.3 is 0 Å². The first-order valence-electron chi connectivity index (χ1n) is 7.78. The number of nitrogens with zero attached hydrogens (tertiary/aromatic N) is 1. The Morgan fingerprint density at radius 2 is 1.94 bits per heavy atom. The van der Waals surface area contributed by atoms with E-state index in [1.807, 2.05) is 0 Å². The van der Waals surface area contributed by atoms with Crippen molar-refractivity contribution in [3.05, 3.63) is 0 Å². The minimum Gasteiger partial charge on any atom is -0.313 e. The van der Waals surface area contributed by atoms with Gasteiger partial charge in [0.1, 0.15) is 0 Å². The number of nitrogens with one attached hydrogen (secondary N) is 1. The summed E-state index contributed by atoms with van der Waals surface area (Å²) in [4.78, 5) is 2.85. The molecule has 1 saturated heterocycles. The Morgan fingerprint density at radius 1 is 1.06 bits per heavy atom. The lowest BCUT2D eigenvalue weighted by atomic mass is 10.1. The van der Waals surface area contributed by atoms with E-state index in [4.69, 9.17) is 0 Å². The van der Waals surface area contributed by atoms with Gasteiger partial charge in [-0.15, -0.1) is 0 Å². The minimum atomic E-state index is 0.796. The fourth-order valence-electron chi connectivity index (χ4n) is 3.71. The third-order valence-electron chi connectivity index (χ3n) is 4.99. The lowest BCUT2D eigenvalue weighted by Gasteiger charge is -2.31. The highest BCUT2D eigenvalue weighted by molar-refractivity contribution is 4.88. The molecule has 3 aliphatic rings. The lowest BCUT2D eigenvalue weighted by molar-refractivity contribution is 0.171. The van der Waals surface area contributed by atoms with E-state index in [1.165, 1.54) is 64.6 Å². The first-order valence-corrected chi connectivity index (χ1v) is 7.78. The van der Waals surface area contributed by atoms with E-state index in [1.54, 1.807) is 0 Å². The fraction of sp³-hybridized carbons (Fsp3) is 1.00. The average Bonchev–Trinajstić information content (AvgIpc) is 2.79. The summed E-state index contributed by atoms with van der Waals surface area (Å²) in [6, 6.07) is 1.71. The van der Waals surface area contributed by atoms with Gasteiger partial charge in [-0.05, 0) is 63.3 Å². The van der Waals surface area contributed by atoms with E-state index < -0.39 is 0 Å². The van der Waals surface area contributed by atoms with E-state index in [9.17, 15) is 0 Å². The van der Waals surface area contributed by atoms with E-state index in [2.05, 4.69) is 17.1 Å². The van der Waals surface area contributed by atoms with Crippen LogP contribution in [0, 0.1) is 11.8 Å². The van der Waals surface area contributed by atoms with Crippen molar-refractivity contribution < 1.29 is 0 Å². The fourth-order valence-corrected chi connectivity index (χ4v) is 3.71. The van der Waals surface area contributed by atoms with Crippen LogP contribution in [-0.4, -0.2) is 36.6 Å². The predicted octanol–water partition coefficient (Wildman–Crippen LogP) is 2.64. The van der Waals surface area contributed by atoms with Gasteiger partial charge in [0.15, 0.2) is 0 Å². The maximum Gasteiger partial charge on any atom is 0.0195 e. The van der Waals surface area contributed by atoms with Crippen LogP contribution in [0.1, 0.15) is 51.9 Å². The van der Waals surface area contributed by atoms with Gasteiger partial charge in [-0.2, -0.15) is 0 Å². The van der Waals surface area contributed by atoms with Gasteiger partial charge in [0.05, 0.1) is 0 Å². The van der Waals surface area contributed by atoms with E-state index >= 15 is 0 Å². The quantitative estimate of drug-likeness (QED) is 0.789. The smallest absolute Gasteiger partial charge is 0.0195 e. The molecule has 0 aromatic carbocycles. The molecule has 0 amide bonds. The lowest BCUT2D eigenvalue weighted by Crippen LogP contribution is -2.43. The summed E-state index contributed by atoms with van der Waals surface area (Å²) in [6.07, 6.45) is 10.2. The summed E-state index contributed by atoms with van der Waals surface area (Å²) in [5.74, 6) is 2.02. The van der Waals surface area contributed by atoms with Gasteiger partial charge in [-0.3, -0.25) is 4.90 Å². The third-order valence-corrected chi connectivity index (χ3v) is 4.99. The predicted molar refractivity (Wildman–Crippen MR) is 72.1 cm³/mol. The molecule has 2 nitrogen and oxygen atoms in total. The van der Waals surface area contributed by atoms with Gasteiger partial charge in [-0.25, -0.2) is 0 Å². The molecule has 0 aromatic heterocycles. The number of rotatable bonds is 5. The van der Waals surface area contributed by atoms with Crippen molar-refractivity contribution >= 4 is 0 Å². The molecule has 2 aliphatic carbocycles. The molecule has 3 unspecified atom stereocenters. The molecule has 0 radical (unpaired) electrons. The Kier molecular flexibility index (Phi) is 3.72. The van der Waals surface area contributed by atoms with Crippen LogP contribution >= 0.6 is 0 Å². The Hall–Kier alpha value is -0.0800. The molecule has 1 N–H and O–H groups in total. The molecule has 17 heavy (non-hydrogen) atoms.